The van der Waals surface area contributed by atoms with Crippen LogP contribution in [0.2, 0.25) is 0 Å². The number of ketones is 1. The average Bonchev–Trinajstić information content (AvgIpc) is 3.36. The van der Waals surface area contributed by atoms with E-state index < -0.39 is 11.5 Å². The van der Waals surface area contributed by atoms with Crippen LogP contribution >= 0.6 is 0 Å². The van der Waals surface area contributed by atoms with Crippen LogP contribution in [0.5, 0.6) is 0 Å². The highest BCUT2D eigenvalue weighted by molar-refractivity contribution is 5.88. The number of ether oxygens (including phenoxy) is 1. The summed E-state index contributed by atoms with van der Waals surface area (Å²) in [6.45, 7) is 2.56. The van der Waals surface area contributed by atoms with E-state index in [0.29, 0.717) is 0 Å². The Hall–Kier alpha value is -3.24. The lowest BCUT2D eigenvalue weighted by Crippen LogP contribution is -2.53. The molecule has 0 spiro atoms. The Kier molecular flexibility index (Phi) is 7.05. The van der Waals surface area contributed by atoms with E-state index in [2.05, 4.69) is 77.7 Å². The van der Waals surface area contributed by atoms with Crippen molar-refractivity contribution in [2.75, 3.05) is 13.7 Å². The number of hydrogen-bond donors (Lipinski definition) is 0. The van der Waals surface area contributed by atoms with Crippen molar-refractivity contribution < 1.29 is 14.3 Å². The number of hydrogen-bond acceptors (Lipinski definition) is 4. The van der Waals surface area contributed by atoms with Crippen LogP contribution in [0, 0.1) is 5.92 Å². The second-order valence-electron chi connectivity index (χ2n) is 8.75. The van der Waals surface area contributed by atoms with Crippen molar-refractivity contribution in [3.8, 4) is 0 Å². The monoisotopic (exact) mass is 441 g/mol. The summed E-state index contributed by atoms with van der Waals surface area (Å²) in [5.74, 6) is -0.699. The fourth-order valence-corrected chi connectivity index (χ4v) is 5.26. The third-order valence-corrected chi connectivity index (χ3v) is 6.74. The van der Waals surface area contributed by atoms with Crippen LogP contribution in [0.1, 0.15) is 42.9 Å². The summed E-state index contributed by atoms with van der Waals surface area (Å²) in [5.41, 5.74) is 2.77. The average molecular weight is 442 g/mol. The molecule has 1 heterocycles. The second-order valence-corrected chi connectivity index (χ2v) is 8.75. The molecule has 4 nitrogen and oxygen atoms in total. The Labute approximate surface area is 196 Å². The molecule has 33 heavy (non-hydrogen) atoms. The normalized spacial score (nSPS) is 17.5. The van der Waals surface area contributed by atoms with E-state index in [0.717, 1.165) is 36.1 Å². The summed E-state index contributed by atoms with van der Waals surface area (Å²) in [6, 6.07) is 31.0. The largest absolute Gasteiger partial charge is 0.469 e. The molecule has 0 saturated carbocycles. The molecule has 0 amide bonds. The first-order valence-electron chi connectivity index (χ1n) is 11.6. The first-order chi connectivity index (χ1) is 16.1. The molecule has 0 aliphatic carbocycles. The van der Waals surface area contributed by atoms with Crippen LogP contribution in [-0.4, -0.2) is 36.3 Å². The van der Waals surface area contributed by atoms with Gasteiger partial charge in [-0.25, -0.2) is 0 Å². The van der Waals surface area contributed by atoms with Crippen LogP contribution in [0.25, 0.3) is 0 Å². The van der Waals surface area contributed by atoms with E-state index in [-0.39, 0.29) is 24.2 Å². The van der Waals surface area contributed by atoms with Gasteiger partial charge in [0.25, 0.3) is 0 Å². The van der Waals surface area contributed by atoms with E-state index in [4.69, 9.17) is 4.74 Å². The zero-order valence-corrected chi connectivity index (χ0v) is 19.3. The molecule has 3 aromatic carbocycles. The Bertz CT molecular complexity index is 969. The fourth-order valence-electron chi connectivity index (χ4n) is 5.26. The van der Waals surface area contributed by atoms with E-state index in [9.17, 15) is 9.59 Å². The SMILES string of the molecule is COC(=O)[C@H](C)CC(=O)[C@@H]1CCCN1C(c1ccccc1)(c1ccccc1)c1ccccc1. The molecule has 1 saturated heterocycles. The molecule has 0 radical (unpaired) electrons. The predicted octanol–water partition coefficient (Wildman–Crippen LogP) is 5.21. The van der Waals surface area contributed by atoms with Gasteiger partial charge in [0.1, 0.15) is 0 Å². The third-order valence-electron chi connectivity index (χ3n) is 6.74. The number of rotatable bonds is 8. The van der Waals surface area contributed by atoms with Gasteiger partial charge in [0.05, 0.1) is 24.6 Å². The van der Waals surface area contributed by atoms with Crippen LogP contribution < -0.4 is 0 Å². The van der Waals surface area contributed by atoms with Gasteiger partial charge in [-0.2, -0.15) is 0 Å². The molecule has 0 aromatic heterocycles. The number of benzene rings is 3. The number of likely N-dealkylation sites (tertiary alicyclic amines) is 1. The molecule has 170 valence electrons. The second kappa shape index (κ2) is 10.1. The number of carbonyl (C=O) groups is 2. The Morgan fingerprint density at radius 1 is 0.879 bits per heavy atom. The Morgan fingerprint density at radius 2 is 1.33 bits per heavy atom. The first-order valence-corrected chi connectivity index (χ1v) is 11.6. The van der Waals surface area contributed by atoms with Gasteiger partial charge in [0.15, 0.2) is 5.78 Å². The maximum atomic E-state index is 13.6. The topological polar surface area (TPSA) is 46.6 Å². The first kappa shape index (κ1) is 22.9. The molecule has 1 aliphatic rings. The van der Waals surface area contributed by atoms with Crippen molar-refractivity contribution in [1.82, 2.24) is 4.90 Å². The minimum absolute atomic E-state index is 0.0950. The van der Waals surface area contributed by atoms with E-state index in [1.807, 2.05) is 18.2 Å². The van der Waals surface area contributed by atoms with Gasteiger partial charge in [0, 0.05) is 13.0 Å². The Morgan fingerprint density at radius 3 is 1.76 bits per heavy atom. The molecule has 1 fully saturated rings. The lowest BCUT2D eigenvalue weighted by atomic mass is 9.75. The number of Topliss-reactive ketones (excluding diaryl/α,β-unsaturated/α-hetero) is 1. The molecular formula is C29H31NO3. The maximum Gasteiger partial charge on any atom is 0.308 e. The van der Waals surface area contributed by atoms with Crippen LogP contribution in [0.15, 0.2) is 91.0 Å². The van der Waals surface area contributed by atoms with Crippen molar-refractivity contribution in [3.63, 3.8) is 0 Å². The minimum Gasteiger partial charge on any atom is -0.469 e. The van der Waals surface area contributed by atoms with E-state index in [1.54, 1.807) is 6.92 Å². The maximum absolute atomic E-state index is 13.6. The molecule has 0 bridgehead atoms. The predicted molar refractivity (Wildman–Crippen MR) is 130 cm³/mol. The van der Waals surface area contributed by atoms with E-state index >= 15 is 0 Å². The highest BCUT2D eigenvalue weighted by Crippen LogP contribution is 2.46. The minimum atomic E-state index is -0.616. The molecule has 4 rings (SSSR count). The van der Waals surface area contributed by atoms with Gasteiger partial charge in [-0.1, -0.05) is 97.9 Å². The molecule has 2 atom stereocenters. The van der Waals surface area contributed by atoms with Crippen molar-refractivity contribution in [2.24, 2.45) is 5.92 Å². The fraction of sp³-hybridized carbons (Fsp3) is 0.310. The smallest absolute Gasteiger partial charge is 0.308 e. The molecule has 3 aromatic rings. The lowest BCUT2D eigenvalue weighted by molar-refractivity contribution is -0.147. The molecule has 0 N–H and O–H groups in total. The molecule has 0 unspecified atom stereocenters. The number of esters is 1. The van der Waals surface area contributed by atoms with Crippen molar-refractivity contribution >= 4 is 11.8 Å². The number of carbonyl (C=O) groups excluding carboxylic acids is 2. The molecular weight excluding hydrogens is 410 g/mol. The summed E-state index contributed by atoms with van der Waals surface area (Å²) in [6.07, 6.45) is 1.89. The van der Waals surface area contributed by atoms with Gasteiger partial charge in [-0.05, 0) is 29.5 Å². The number of nitrogens with zero attached hydrogens (tertiary/aromatic N) is 1. The van der Waals surface area contributed by atoms with Gasteiger partial charge in [-0.3, -0.25) is 14.5 Å². The van der Waals surface area contributed by atoms with Gasteiger partial charge < -0.3 is 4.74 Å². The standard InChI is InChI=1S/C29H31NO3/c1-22(28(32)33-2)21-27(31)26-19-12-20-30(26)29(23-13-6-3-7-14-23,24-15-8-4-9-16-24)25-17-10-5-11-18-25/h3-11,13-18,22,26H,12,19-21H2,1-2H3/t22-,26+/m1/s1. The van der Waals surface area contributed by atoms with Gasteiger partial charge in [-0.15, -0.1) is 0 Å². The summed E-state index contributed by atoms with van der Waals surface area (Å²) < 4.78 is 4.87. The highest BCUT2D eigenvalue weighted by atomic mass is 16.5. The quantitative estimate of drug-likeness (QED) is 0.356. The number of methoxy groups -OCH3 is 1. The van der Waals surface area contributed by atoms with Gasteiger partial charge >= 0.3 is 5.97 Å². The van der Waals surface area contributed by atoms with Crippen LogP contribution in [-0.2, 0) is 19.9 Å². The van der Waals surface area contributed by atoms with Gasteiger partial charge in [0.2, 0.25) is 0 Å². The van der Waals surface area contributed by atoms with Crippen LogP contribution in [0.4, 0.5) is 0 Å². The zero-order valence-electron chi connectivity index (χ0n) is 19.3. The third kappa shape index (κ3) is 4.36. The summed E-state index contributed by atoms with van der Waals surface area (Å²) in [4.78, 5) is 28.0. The lowest BCUT2D eigenvalue weighted by Gasteiger charge is -2.46. The van der Waals surface area contributed by atoms with Crippen molar-refractivity contribution in [2.45, 2.75) is 37.8 Å². The molecule has 1 aliphatic heterocycles. The van der Waals surface area contributed by atoms with Crippen molar-refractivity contribution in [3.05, 3.63) is 108 Å². The zero-order chi connectivity index (χ0) is 23.3. The molecule has 4 heteroatoms. The van der Waals surface area contributed by atoms with Crippen LogP contribution in [0.3, 0.4) is 0 Å². The van der Waals surface area contributed by atoms with E-state index in [1.165, 1.54) is 7.11 Å². The van der Waals surface area contributed by atoms with Crippen molar-refractivity contribution in [1.29, 1.82) is 0 Å². The summed E-state index contributed by atoms with van der Waals surface area (Å²) in [5, 5.41) is 0. The highest BCUT2D eigenvalue weighted by Gasteiger charge is 2.48. The Balaban J connectivity index is 1.88. The summed E-state index contributed by atoms with van der Waals surface area (Å²) >= 11 is 0. The summed E-state index contributed by atoms with van der Waals surface area (Å²) in [7, 11) is 1.37.